The number of nitrogens with two attached hydrogens (primary N) is 1. The van der Waals surface area contributed by atoms with Crippen LogP contribution in [0, 0.1) is 0 Å². The van der Waals surface area contributed by atoms with Crippen LogP contribution in [-0.4, -0.2) is 18.1 Å². The Morgan fingerprint density at radius 2 is 1.75 bits per heavy atom. The van der Waals surface area contributed by atoms with Gasteiger partial charge < -0.3 is 15.8 Å². The molecule has 2 aromatic rings. The predicted molar refractivity (Wildman–Crippen MR) is 86.4 cm³/mol. The fourth-order valence-electron chi connectivity index (χ4n) is 1.61. The van der Waals surface area contributed by atoms with E-state index in [-0.39, 0.29) is 0 Å². The van der Waals surface area contributed by atoms with E-state index < -0.39 is 0 Å². The van der Waals surface area contributed by atoms with Gasteiger partial charge in [-0.1, -0.05) is 30.3 Å². The lowest BCUT2D eigenvalue weighted by Gasteiger charge is -2.06. The Kier molecular flexibility index (Phi) is 4.68. The Morgan fingerprint density at radius 3 is 2.35 bits per heavy atom. The summed E-state index contributed by atoms with van der Waals surface area (Å²) in [6.45, 7) is 0. The zero-order valence-electron chi connectivity index (χ0n) is 11.0. The first kappa shape index (κ1) is 14.0. The number of anilines is 1. The molecule has 0 aliphatic rings. The van der Waals surface area contributed by atoms with Crippen molar-refractivity contribution in [3.63, 3.8) is 0 Å². The monoisotopic (exact) mass is 285 g/mol. The van der Waals surface area contributed by atoms with E-state index in [1.165, 1.54) is 0 Å². The smallest absolute Gasteiger partial charge is 0.199 e. The second kappa shape index (κ2) is 6.68. The Labute approximate surface area is 123 Å². The molecule has 20 heavy (non-hydrogen) atoms. The number of aliphatic imine (C=N–C) groups is 1. The third kappa shape index (κ3) is 3.80. The molecule has 5 heteroatoms. The van der Waals surface area contributed by atoms with Gasteiger partial charge in [-0.05, 0) is 36.5 Å². The van der Waals surface area contributed by atoms with E-state index in [4.69, 9.17) is 22.7 Å². The molecule has 0 amide bonds. The van der Waals surface area contributed by atoms with Crippen molar-refractivity contribution in [1.82, 2.24) is 0 Å². The van der Waals surface area contributed by atoms with E-state index in [9.17, 15) is 0 Å². The highest BCUT2D eigenvalue weighted by Gasteiger charge is 2.00. The predicted octanol–water partition coefficient (Wildman–Crippen LogP) is 2.80. The lowest BCUT2D eigenvalue weighted by atomic mass is 10.2. The van der Waals surface area contributed by atoms with Crippen molar-refractivity contribution in [1.29, 1.82) is 0 Å². The first-order valence-electron chi connectivity index (χ1n) is 6.03. The molecule has 0 atom stereocenters. The first-order valence-corrected chi connectivity index (χ1v) is 6.44. The molecule has 102 valence electrons. The molecule has 0 saturated heterocycles. The summed E-state index contributed by atoms with van der Waals surface area (Å²) < 4.78 is 5.09. The summed E-state index contributed by atoms with van der Waals surface area (Å²) in [5.41, 5.74) is 7.57. The Hall–Kier alpha value is -2.40. The minimum Gasteiger partial charge on any atom is -0.497 e. The number of hydrogen-bond acceptors (Lipinski definition) is 2. The van der Waals surface area contributed by atoms with Crippen LogP contribution in [0.15, 0.2) is 59.6 Å². The zero-order chi connectivity index (χ0) is 14.4. The Bertz CT molecular complexity index is 609. The first-order chi connectivity index (χ1) is 9.69. The molecule has 0 spiro atoms. The van der Waals surface area contributed by atoms with Crippen LogP contribution in [0.5, 0.6) is 5.75 Å². The standard InChI is InChI=1S/C15H15N3OS/c1-19-13-9-7-12(8-10-13)17-15(20)18-14(16)11-5-3-2-4-6-11/h2-10H,1H3,(H3,16,17,18,20). The molecule has 0 radical (unpaired) electrons. The van der Waals surface area contributed by atoms with E-state index in [1.807, 2.05) is 54.6 Å². The molecule has 2 rings (SSSR count). The number of rotatable bonds is 3. The highest BCUT2D eigenvalue weighted by atomic mass is 32.1. The van der Waals surface area contributed by atoms with Gasteiger partial charge in [0.1, 0.15) is 11.6 Å². The molecule has 0 bridgehead atoms. The third-order valence-corrected chi connectivity index (χ3v) is 2.83. The van der Waals surface area contributed by atoms with Crippen molar-refractivity contribution < 1.29 is 4.74 Å². The summed E-state index contributed by atoms with van der Waals surface area (Å²) in [6.07, 6.45) is 0. The number of nitrogens with one attached hydrogen (secondary N) is 1. The van der Waals surface area contributed by atoms with E-state index in [1.54, 1.807) is 7.11 Å². The molecule has 0 aliphatic heterocycles. The molecule has 4 nitrogen and oxygen atoms in total. The lowest BCUT2D eigenvalue weighted by Crippen LogP contribution is -2.18. The van der Waals surface area contributed by atoms with Crippen LogP contribution in [0.3, 0.4) is 0 Å². The van der Waals surface area contributed by atoms with Crippen LogP contribution in [0.2, 0.25) is 0 Å². The van der Waals surface area contributed by atoms with Gasteiger partial charge in [-0.25, -0.2) is 4.99 Å². The summed E-state index contributed by atoms with van der Waals surface area (Å²) in [4.78, 5) is 4.17. The summed E-state index contributed by atoms with van der Waals surface area (Å²) in [5, 5.41) is 3.32. The zero-order valence-corrected chi connectivity index (χ0v) is 11.9. The van der Waals surface area contributed by atoms with E-state index >= 15 is 0 Å². The van der Waals surface area contributed by atoms with Gasteiger partial charge in [0, 0.05) is 11.3 Å². The SMILES string of the molecule is COc1ccc(NC(=S)/N=C(\N)c2ccccc2)cc1. The van der Waals surface area contributed by atoms with Crippen molar-refractivity contribution in [2.75, 3.05) is 12.4 Å². The minimum atomic E-state index is 0.316. The van der Waals surface area contributed by atoms with Gasteiger partial charge >= 0.3 is 0 Å². The van der Waals surface area contributed by atoms with Gasteiger partial charge in [-0.3, -0.25) is 0 Å². The second-order valence-electron chi connectivity index (χ2n) is 4.02. The Balaban J connectivity index is 2.04. The number of ether oxygens (including phenoxy) is 1. The average molecular weight is 285 g/mol. The molecule has 0 fully saturated rings. The van der Waals surface area contributed by atoms with Crippen LogP contribution in [0.1, 0.15) is 5.56 Å². The van der Waals surface area contributed by atoms with Crippen molar-refractivity contribution in [3.05, 3.63) is 60.2 Å². The molecular formula is C15H15N3OS. The maximum Gasteiger partial charge on any atom is 0.199 e. The highest BCUT2D eigenvalue weighted by molar-refractivity contribution is 7.80. The van der Waals surface area contributed by atoms with Crippen molar-refractivity contribution in [2.45, 2.75) is 0 Å². The summed E-state index contributed by atoms with van der Waals surface area (Å²) in [6, 6.07) is 16.9. The van der Waals surface area contributed by atoms with Gasteiger partial charge in [0.15, 0.2) is 5.11 Å². The van der Waals surface area contributed by atoms with E-state index in [0.29, 0.717) is 10.9 Å². The average Bonchev–Trinajstić information content (AvgIpc) is 2.49. The Morgan fingerprint density at radius 1 is 1.10 bits per heavy atom. The van der Waals surface area contributed by atoms with Gasteiger partial charge in [0.05, 0.1) is 7.11 Å². The summed E-state index contributed by atoms with van der Waals surface area (Å²) in [7, 11) is 1.62. The number of benzene rings is 2. The van der Waals surface area contributed by atoms with Gasteiger partial charge in [-0.15, -0.1) is 0 Å². The second-order valence-corrected chi connectivity index (χ2v) is 4.41. The van der Waals surface area contributed by atoms with Crippen LogP contribution in [0.25, 0.3) is 0 Å². The molecule has 0 aliphatic carbocycles. The molecule has 3 N–H and O–H groups in total. The van der Waals surface area contributed by atoms with Crippen molar-refractivity contribution >= 4 is 28.9 Å². The number of amidine groups is 1. The highest BCUT2D eigenvalue weighted by Crippen LogP contribution is 2.15. The number of hydrogen-bond donors (Lipinski definition) is 2. The number of nitrogens with zero attached hydrogens (tertiary/aromatic N) is 1. The topological polar surface area (TPSA) is 59.6 Å². The minimum absolute atomic E-state index is 0.316. The lowest BCUT2D eigenvalue weighted by molar-refractivity contribution is 0.415. The van der Waals surface area contributed by atoms with Gasteiger partial charge in [0.2, 0.25) is 0 Å². The van der Waals surface area contributed by atoms with Crippen LogP contribution >= 0.6 is 12.2 Å². The van der Waals surface area contributed by atoms with Crippen LogP contribution in [-0.2, 0) is 0 Å². The molecular weight excluding hydrogens is 270 g/mol. The van der Waals surface area contributed by atoms with Crippen molar-refractivity contribution in [3.8, 4) is 5.75 Å². The largest absolute Gasteiger partial charge is 0.497 e. The molecule has 0 saturated carbocycles. The maximum absolute atomic E-state index is 5.90. The van der Waals surface area contributed by atoms with Crippen LogP contribution < -0.4 is 15.8 Å². The normalized spacial score (nSPS) is 10.9. The molecule has 0 unspecified atom stereocenters. The summed E-state index contributed by atoms with van der Waals surface area (Å²) in [5.74, 6) is 1.17. The van der Waals surface area contributed by atoms with Crippen LogP contribution in [0.4, 0.5) is 5.69 Å². The van der Waals surface area contributed by atoms with Gasteiger partial charge in [0.25, 0.3) is 0 Å². The van der Waals surface area contributed by atoms with Gasteiger partial charge in [-0.2, -0.15) is 0 Å². The fraction of sp³-hybridized carbons (Fsp3) is 0.0667. The fourth-order valence-corrected chi connectivity index (χ4v) is 1.82. The third-order valence-electron chi connectivity index (χ3n) is 2.63. The molecule has 2 aromatic carbocycles. The quantitative estimate of drug-likeness (QED) is 0.517. The molecule has 0 aromatic heterocycles. The maximum atomic E-state index is 5.90. The molecule has 0 heterocycles. The number of thiocarbonyl (C=S) groups is 1. The van der Waals surface area contributed by atoms with E-state index in [0.717, 1.165) is 17.0 Å². The van der Waals surface area contributed by atoms with E-state index in [2.05, 4.69) is 10.3 Å². The summed E-state index contributed by atoms with van der Waals surface area (Å²) >= 11 is 5.16. The van der Waals surface area contributed by atoms with Crippen molar-refractivity contribution in [2.24, 2.45) is 10.7 Å². The number of methoxy groups -OCH3 is 1.